The van der Waals surface area contributed by atoms with Gasteiger partial charge in [0.1, 0.15) is 5.82 Å². The van der Waals surface area contributed by atoms with E-state index in [-0.39, 0.29) is 5.82 Å². The van der Waals surface area contributed by atoms with Gasteiger partial charge in [-0.15, -0.1) is 0 Å². The zero-order valence-corrected chi connectivity index (χ0v) is 10.9. The predicted molar refractivity (Wildman–Crippen MR) is 70.2 cm³/mol. The zero-order valence-electron chi connectivity index (χ0n) is 10.9. The van der Waals surface area contributed by atoms with E-state index >= 15 is 0 Å². The van der Waals surface area contributed by atoms with Crippen molar-refractivity contribution >= 4 is 0 Å². The van der Waals surface area contributed by atoms with E-state index < -0.39 is 5.60 Å². The van der Waals surface area contributed by atoms with Crippen LogP contribution in [0.2, 0.25) is 0 Å². The number of benzene rings is 1. The maximum atomic E-state index is 13.2. The number of hydrogen-bond donors (Lipinski definition) is 1. The van der Waals surface area contributed by atoms with Crippen molar-refractivity contribution in [3.8, 4) is 0 Å². The zero-order chi connectivity index (χ0) is 13.5. The highest BCUT2D eigenvalue weighted by atomic mass is 19.1. The molecule has 0 spiro atoms. The van der Waals surface area contributed by atoms with E-state index in [1.54, 1.807) is 12.3 Å². The van der Waals surface area contributed by atoms with Crippen LogP contribution < -0.4 is 0 Å². The summed E-state index contributed by atoms with van der Waals surface area (Å²) in [6.45, 7) is 2.85. The van der Waals surface area contributed by atoms with E-state index in [4.69, 9.17) is 0 Å². The highest BCUT2D eigenvalue weighted by Crippen LogP contribution is 2.39. The first-order valence-corrected chi connectivity index (χ1v) is 6.63. The van der Waals surface area contributed by atoms with Crippen LogP contribution in [-0.4, -0.2) is 14.9 Å². The Balaban J connectivity index is 1.89. The van der Waals surface area contributed by atoms with Gasteiger partial charge in [0.05, 0.1) is 11.8 Å². The van der Waals surface area contributed by atoms with E-state index in [1.165, 1.54) is 12.1 Å². The average molecular weight is 260 g/mol. The van der Waals surface area contributed by atoms with Crippen molar-refractivity contribution in [3.05, 3.63) is 53.1 Å². The fourth-order valence-electron chi connectivity index (χ4n) is 2.89. The van der Waals surface area contributed by atoms with Gasteiger partial charge in [-0.2, -0.15) is 5.10 Å². The Morgan fingerprint density at radius 2 is 2.32 bits per heavy atom. The Bertz CT molecular complexity index is 608. The molecule has 0 saturated carbocycles. The van der Waals surface area contributed by atoms with Gasteiger partial charge in [0, 0.05) is 19.2 Å². The van der Waals surface area contributed by atoms with Crippen molar-refractivity contribution in [1.82, 2.24) is 9.78 Å². The third-order valence-electron chi connectivity index (χ3n) is 3.88. The molecular weight excluding hydrogens is 243 g/mol. The number of rotatable bonds is 3. The van der Waals surface area contributed by atoms with Crippen LogP contribution in [0.3, 0.4) is 0 Å². The van der Waals surface area contributed by atoms with Crippen LogP contribution in [-0.2, 0) is 25.0 Å². The second-order valence-electron chi connectivity index (χ2n) is 5.21. The minimum atomic E-state index is -0.884. The largest absolute Gasteiger partial charge is 0.385 e. The Kier molecular flexibility index (Phi) is 2.90. The minimum Gasteiger partial charge on any atom is -0.385 e. The van der Waals surface area contributed by atoms with Gasteiger partial charge in [-0.05, 0) is 48.6 Å². The molecule has 100 valence electrons. The third kappa shape index (κ3) is 2.16. The summed E-state index contributed by atoms with van der Waals surface area (Å²) in [5.74, 6) is -0.234. The monoisotopic (exact) mass is 260 g/mol. The second kappa shape index (κ2) is 4.46. The molecule has 1 aliphatic carbocycles. The first kappa shape index (κ1) is 12.4. The van der Waals surface area contributed by atoms with Gasteiger partial charge in [-0.1, -0.05) is 6.07 Å². The van der Waals surface area contributed by atoms with Gasteiger partial charge in [0.2, 0.25) is 0 Å². The molecule has 0 saturated heterocycles. The number of aromatic nitrogens is 2. The molecule has 1 unspecified atom stereocenters. The number of aliphatic hydroxyl groups is 1. The molecule has 1 heterocycles. The SMILES string of the molecule is CCn1cc(CC2(O)CCc3cc(F)ccc32)cn1. The summed E-state index contributed by atoms with van der Waals surface area (Å²) in [5.41, 5.74) is 1.91. The first-order valence-electron chi connectivity index (χ1n) is 6.63. The predicted octanol–water partition coefficient (Wildman–Crippen LogP) is 2.42. The number of nitrogens with zero attached hydrogens (tertiary/aromatic N) is 2. The smallest absolute Gasteiger partial charge is 0.123 e. The molecule has 0 radical (unpaired) electrons. The standard InChI is InChI=1S/C15H17FN2O/c1-2-18-10-11(9-17-18)8-15(19)6-5-12-7-13(16)3-4-14(12)15/h3-4,7,9-10,19H,2,5-6,8H2,1H3. The number of aryl methyl sites for hydroxylation is 2. The quantitative estimate of drug-likeness (QED) is 0.920. The molecule has 0 aliphatic heterocycles. The van der Waals surface area contributed by atoms with Gasteiger partial charge in [0.25, 0.3) is 0 Å². The summed E-state index contributed by atoms with van der Waals surface area (Å²) in [7, 11) is 0. The fraction of sp³-hybridized carbons (Fsp3) is 0.400. The van der Waals surface area contributed by atoms with E-state index in [2.05, 4.69) is 5.10 Å². The van der Waals surface area contributed by atoms with E-state index in [9.17, 15) is 9.50 Å². The summed E-state index contributed by atoms with van der Waals surface area (Å²) >= 11 is 0. The van der Waals surface area contributed by atoms with E-state index in [0.29, 0.717) is 12.8 Å². The number of halogens is 1. The molecule has 0 fully saturated rings. The lowest BCUT2D eigenvalue weighted by Gasteiger charge is -2.23. The maximum absolute atomic E-state index is 13.2. The van der Waals surface area contributed by atoms with Crippen LogP contribution in [0.1, 0.15) is 30.0 Å². The van der Waals surface area contributed by atoms with Crippen LogP contribution in [0.5, 0.6) is 0 Å². The molecule has 1 N–H and O–H groups in total. The van der Waals surface area contributed by atoms with E-state index in [0.717, 1.165) is 29.7 Å². The maximum Gasteiger partial charge on any atom is 0.123 e. The van der Waals surface area contributed by atoms with Crippen LogP contribution in [0.4, 0.5) is 4.39 Å². The lowest BCUT2D eigenvalue weighted by Crippen LogP contribution is -2.25. The fourth-order valence-corrected chi connectivity index (χ4v) is 2.89. The molecular formula is C15H17FN2O. The number of fused-ring (bicyclic) bond motifs is 1. The third-order valence-corrected chi connectivity index (χ3v) is 3.88. The van der Waals surface area contributed by atoms with Crippen molar-refractivity contribution in [2.24, 2.45) is 0 Å². The second-order valence-corrected chi connectivity index (χ2v) is 5.21. The molecule has 1 aromatic carbocycles. The summed E-state index contributed by atoms with van der Waals surface area (Å²) in [5, 5.41) is 15.0. The molecule has 0 amide bonds. The van der Waals surface area contributed by atoms with Gasteiger partial charge >= 0.3 is 0 Å². The average Bonchev–Trinajstić information content (AvgIpc) is 2.95. The van der Waals surface area contributed by atoms with Crippen LogP contribution in [0.15, 0.2) is 30.6 Å². The Morgan fingerprint density at radius 3 is 3.05 bits per heavy atom. The molecule has 4 heteroatoms. The molecule has 1 aliphatic rings. The topological polar surface area (TPSA) is 38.0 Å². The Morgan fingerprint density at radius 1 is 1.47 bits per heavy atom. The lowest BCUT2D eigenvalue weighted by atomic mass is 9.90. The highest BCUT2D eigenvalue weighted by Gasteiger charge is 2.37. The number of hydrogen-bond acceptors (Lipinski definition) is 2. The van der Waals surface area contributed by atoms with Crippen molar-refractivity contribution in [3.63, 3.8) is 0 Å². The minimum absolute atomic E-state index is 0.234. The molecule has 0 bridgehead atoms. The Labute approximate surface area is 111 Å². The summed E-state index contributed by atoms with van der Waals surface area (Å²) in [6.07, 6.45) is 5.66. The summed E-state index contributed by atoms with van der Waals surface area (Å²) in [6, 6.07) is 4.66. The summed E-state index contributed by atoms with van der Waals surface area (Å²) < 4.78 is 15.0. The normalized spacial score (nSPS) is 21.6. The van der Waals surface area contributed by atoms with Crippen LogP contribution in [0, 0.1) is 5.82 Å². The Hall–Kier alpha value is -1.68. The summed E-state index contributed by atoms with van der Waals surface area (Å²) in [4.78, 5) is 0. The molecule has 3 rings (SSSR count). The van der Waals surface area contributed by atoms with Gasteiger partial charge < -0.3 is 5.11 Å². The van der Waals surface area contributed by atoms with Crippen LogP contribution >= 0.6 is 0 Å². The lowest BCUT2D eigenvalue weighted by molar-refractivity contribution is 0.0389. The van der Waals surface area contributed by atoms with Crippen molar-refractivity contribution < 1.29 is 9.50 Å². The van der Waals surface area contributed by atoms with Crippen molar-refractivity contribution in [2.45, 2.75) is 38.3 Å². The highest BCUT2D eigenvalue weighted by molar-refractivity contribution is 5.38. The van der Waals surface area contributed by atoms with E-state index in [1.807, 2.05) is 17.8 Å². The van der Waals surface area contributed by atoms with Crippen LogP contribution in [0.25, 0.3) is 0 Å². The van der Waals surface area contributed by atoms with Crippen molar-refractivity contribution in [1.29, 1.82) is 0 Å². The molecule has 1 atom stereocenters. The molecule has 3 nitrogen and oxygen atoms in total. The van der Waals surface area contributed by atoms with Gasteiger partial charge in [-0.3, -0.25) is 4.68 Å². The molecule has 19 heavy (non-hydrogen) atoms. The van der Waals surface area contributed by atoms with Gasteiger partial charge in [-0.25, -0.2) is 4.39 Å². The molecule has 1 aromatic heterocycles. The van der Waals surface area contributed by atoms with Gasteiger partial charge in [0.15, 0.2) is 0 Å². The molecule has 2 aromatic rings. The van der Waals surface area contributed by atoms with Crippen molar-refractivity contribution in [2.75, 3.05) is 0 Å². The first-order chi connectivity index (χ1) is 9.10.